The summed E-state index contributed by atoms with van der Waals surface area (Å²) in [5.74, 6) is 0.0925. The van der Waals surface area contributed by atoms with Crippen molar-refractivity contribution in [3.63, 3.8) is 0 Å². The van der Waals surface area contributed by atoms with Gasteiger partial charge in [0.15, 0.2) is 0 Å². The fourth-order valence-electron chi connectivity index (χ4n) is 1.14. The Hall–Kier alpha value is -1.38. The number of esters is 1. The molecule has 0 aliphatic rings. The summed E-state index contributed by atoms with van der Waals surface area (Å²) in [6.45, 7) is 4.22. The van der Waals surface area contributed by atoms with Crippen LogP contribution < -0.4 is 0 Å². The van der Waals surface area contributed by atoms with E-state index >= 15 is 0 Å². The first-order valence-corrected chi connectivity index (χ1v) is 4.73. The molecule has 0 aliphatic carbocycles. The van der Waals surface area contributed by atoms with Crippen LogP contribution in [0.15, 0.2) is 18.3 Å². The number of nitrogens with zero attached hydrogens (tertiary/aromatic N) is 1. The summed E-state index contributed by atoms with van der Waals surface area (Å²) in [5, 5.41) is 0. The molecule has 0 spiro atoms. The third-order valence-electron chi connectivity index (χ3n) is 2.32. The summed E-state index contributed by atoms with van der Waals surface area (Å²) in [6, 6.07) is 3.63. The average Bonchev–Trinajstić information content (AvgIpc) is 2.27. The quantitative estimate of drug-likeness (QED) is 0.692. The van der Waals surface area contributed by atoms with Gasteiger partial charge in [-0.1, -0.05) is 13.8 Å². The van der Waals surface area contributed by atoms with Crippen LogP contribution in [-0.2, 0) is 4.74 Å². The molecule has 3 heteroatoms. The average molecular weight is 193 g/mol. The molecule has 1 heterocycles. The molecule has 0 amide bonds. The lowest BCUT2D eigenvalue weighted by molar-refractivity contribution is 0.0600. The Labute approximate surface area is 84.1 Å². The molecule has 1 rings (SSSR count). The smallest absolute Gasteiger partial charge is 0.339 e. The molecule has 0 radical (unpaired) electrons. The lowest BCUT2D eigenvalue weighted by atomic mass is 10.0. The molecule has 0 bridgehead atoms. The van der Waals surface area contributed by atoms with Crippen molar-refractivity contribution in [1.82, 2.24) is 4.98 Å². The van der Waals surface area contributed by atoms with Gasteiger partial charge in [0.05, 0.1) is 12.7 Å². The molecule has 0 aliphatic heterocycles. The molecule has 0 N–H and O–H groups in total. The van der Waals surface area contributed by atoms with E-state index in [1.54, 1.807) is 12.3 Å². The van der Waals surface area contributed by atoms with E-state index in [-0.39, 0.29) is 5.97 Å². The molecular formula is C11H15NO2. The van der Waals surface area contributed by atoms with E-state index in [1.165, 1.54) is 7.11 Å². The number of aromatic nitrogens is 1. The van der Waals surface area contributed by atoms with Crippen molar-refractivity contribution in [3.8, 4) is 0 Å². The summed E-state index contributed by atoms with van der Waals surface area (Å²) in [7, 11) is 1.37. The van der Waals surface area contributed by atoms with Gasteiger partial charge in [0.25, 0.3) is 0 Å². The van der Waals surface area contributed by atoms with Crippen molar-refractivity contribution in [2.45, 2.75) is 26.2 Å². The highest BCUT2D eigenvalue weighted by molar-refractivity contribution is 5.88. The fraction of sp³-hybridized carbons (Fsp3) is 0.455. The topological polar surface area (TPSA) is 39.2 Å². The van der Waals surface area contributed by atoms with Gasteiger partial charge in [0, 0.05) is 11.9 Å². The zero-order chi connectivity index (χ0) is 10.6. The van der Waals surface area contributed by atoms with Gasteiger partial charge >= 0.3 is 5.97 Å². The fourth-order valence-corrected chi connectivity index (χ4v) is 1.14. The summed E-state index contributed by atoms with van der Waals surface area (Å²) < 4.78 is 4.58. The third-order valence-corrected chi connectivity index (χ3v) is 2.32. The molecule has 0 saturated carbocycles. The van der Waals surface area contributed by atoms with Crippen molar-refractivity contribution in [3.05, 3.63) is 29.6 Å². The summed E-state index contributed by atoms with van der Waals surface area (Å²) in [5.41, 5.74) is 1.51. The Morgan fingerprint density at radius 2 is 2.29 bits per heavy atom. The Morgan fingerprint density at radius 3 is 2.71 bits per heavy atom. The van der Waals surface area contributed by atoms with Gasteiger partial charge in [-0.2, -0.15) is 0 Å². The molecule has 0 aromatic carbocycles. The Bertz CT molecular complexity index is 306. The first-order chi connectivity index (χ1) is 6.69. The van der Waals surface area contributed by atoms with E-state index in [0.717, 1.165) is 12.1 Å². The summed E-state index contributed by atoms with van der Waals surface area (Å²) >= 11 is 0. The molecule has 1 atom stereocenters. The number of hydrogen-bond donors (Lipinski definition) is 0. The van der Waals surface area contributed by atoms with Gasteiger partial charge in [-0.25, -0.2) is 4.79 Å². The number of methoxy groups -OCH3 is 1. The predicted molar refractivity (Wildman–Crippen MR) is 54.3 cm³/mol. The van der Waals surface area contributed by atoms with Crippen LogP contribution in [0.1, 0.15) is 42.2 Å². The van der Waals surface area contributed by atoms with Crippen molar-refractivity contribution in [2.24, 2.45) is 0 Å². The van der Waals surface area contributed by atoms with E-state index in [9.17, 15) is 4.79 Å². The second-order valence-corrected chi connectivity index (χ2v) is 3.27. The number of carbonyl (C=O) groups excluding carboxylic acids is 1. The van der Waals surface area contributed by atoms with E-state index in [1.807, 2.05) is 6.07 Å². The SMILES string of the molecule is CCC(C)c1ccc(C(=O)OC)cn1. The molecule has 1 aromatic heterocycles. The normalized spacial score (nSPS) is 12.2. The molecule has 3 nitrogen and oxygen atoms in total. The molecule has 0 saturated heterocycles. The van der Waals surface area contributed by atoms with Gasteiger partial charge in [-0.05, 0) is 24.5 Å². The van der Waals surface area contributed by atoms with Crippen LogP contribution in [0, 0.1) is 0 Å². The number of ether oxygens (including phenoxy) is 1. The minimum absolute atomic E-state index is 0.340. The van der Waals surface area contributed by atoms with Crippen LogP contribution in [0.2, 0.25) is 0 Å². The van der Waals surface area contributed by atoms with E-state index in [0.29, 0.717) is 11.5 Å². The second kappa shape index (κ2) is 4.74. The maximum absolute atomic E-state index is 11.1. The molecule has 1 aromatic rings. The van der Waals surface area contributed by atoms with Crippen molar-refractivity contribution in [2.75, 3.05) is 7.11 Å². The summed E-state index contributed by atoms with van der Waals surface area (Å²) in [4.78, 5) is 15.3. The van der Waals surface area contributed by atoms with Crippen LogP contribution in [0.4, 0.5) is 0 Å². The molecule has 14 heavy (non-hydrogen) atoms. The van der Waals surface area contributed by atoms with Crippen LogP contribution in [0.25, 0.3) is 0 Å². The monoisotopic (exact) mass is 193 g/mol. The van der Waals surface area contributed by atoms with Crippen LogP contribution in [0.3, 0.4) is 0 Å². The van der Waals surface area contributed by atoms with Gasteiger partial charge in [0.1, 0.15) is 0 Å². The minimum Gasteiger partial charge on any atom is -0.465 e. The molecule has 1 unspecified atom stereocenters. The third kappa shape index (κ3) is 2.31. The van der Waals surface area contributed by atoms with Gasteiger partial charge < -0.3 is 4.74 Å². The second-order valence-electron chi connectivity index (χ2n) is 3.27. The highest BCUT2D eigenvalue weighted by Gasteiger charge is 2.08. The summed E-state index contributed by atoms with van der Waals surface area (Å²) in [6.07, 6.45) is 2.61. The van der Waals surface area contributed by atoms with Crippen molar-refractivity contribution in [1.29, 1.82) is 0 Å². The Balaban J connectivity index is 2.83. The molecular weight excluding hydrogens is 178 g/mol. The van der Waals surface area contributed by atoms with Crippen molar-refractivity contribution >= 4 is 5.97 Å². The van der Waals surface area contributed by atoms with Gasteiger partial charge in [-0.15, -0.1) is 0 Å². The highest BCUT2D eigenvalue weighted by Crippen LogP contribution is 2.16. The first-order valence-electron chi connectivity index (χ1n) is 4.73. The van der Waals surface area contributed by atoms with E-state index < -0.39 is 0 Å². The zero-order valence-electron chi connectivity index (χ0n) is 8.78. The maximum Gasteiger partial charge on any atom is 0.339 e. The van der Waals surface area contributed by atoms with Crippen LogP contribution in [-0.4, -0.2) is 18.1 Å². The lowest BCUT2D eigenvalue weighted by Crippen LogP contribution is -2.03. The van der Waals surface area contributed by atoms with E-state index in [2.05, 4.69) is 23.6 Å². The Morgan fingerprint density at radius 1 is 1.57 bits per heavy atom. The standard InChI is InChI=1S/C11H15NO2/c1-4-8(2)10-6-5-9(7-12-10)11(13)14-3/h5-8H,4H2,1-3H3. The minimum atomic E-state index is -0.340. The molecule has 0 fully saturated rings. The zero-order valence-corrected chi connectivity index (χ0v) is 8.78. The van der Waals surface area contributed by atoms with Crippen LogP contribution in [0.5, 0.6) is 0 Å². The molecule has 76 valence electrons. The number of carbonyl (C=O) groups is 1. The number of rotatable bonds is 3. The predicted octanol–water partition coefficient (Wildman–Crippen LogP) is 2.38. The largest absolute Gasteiger partial charge is 0.465 e. The number of hydrogen-bond acceptors (Lipinski definition) is 3. The first kappa shape index (κ1) is 10.7. The number of pyridine rings is 1. The maximum atomic E-state index is 11.1. The highest BCUT2D eigenvalue weighted by atomic mass is 16.5. The van der Waals surface area contributed by atoms with E-state index in [4.69, 9.17) is 0 Å². The lowest BCUT2D eigenvalue weighted by Gasteiger charge is -2.07. The van der Waals surface area contributed by atoms with Crippen molar-refractivity contribution < 1.29 is 9.53 Å². The Kier molecular flexibility index (Phi) is 3.63. The van der Waals surface area contributed by atoms with Crippen LogP contribution >= 0.6 is 0 Å². The van der Waals surface area contributed by atoms with Gasteiger partial charge in [0.2, 0.25) is 0 Å². The van der Waals surface area contributed by atoms with Gasteiger partial charge in [-0.3, -0.25) is 4.98 Å².